The first-order valence-corrected chi connectivity index (χ1v) is 7.09. The molecular weight excluding hydrogens is 206 g/mol. The minimum atomic E-state index is 0.793. The van der Waals surface area contributed by atoms with Crippen molar-refractivity contribution < 1.29 is 0 Å². The second kappa shape index (κ2) is 4.45. The van der Waals surface area contributed by atoms with Crippen molar-refractivity contribution in [3.05, 3.63) is 35.4 Å². The topological polar surface area (TPSA) is 12.0 Å². The molecule has 2 saturated carbocycles. The lowest BCUT2D eigenvalue weighted by molar-refractivity contribution is 0.284. The van der Waals surface area contributed by atoms with E-state index in [0.717, 1.165) is 23.9 Å². The summed E-state index contributed by atoms with van der Waals surface area (Å²) in [4.78, 5) is 0. The van der Waals surface area contributed by atoms with Crippen LogP contribution in [0.25, 0.3) is 0 Å². The van der Waals surface area contributed by atoms with E-state index < -0.39 is 0 Å². The van der Waals surface area contributed by atoms with Gasteiger partial charge in [-0.05, 0) is 49.1 Å². The molecule has 1 aromatic rings. The van der Waals surface area contributed by atoms with Crippen LogP contribution in [-0.4, -0.2) is 12.1 Å². The van der Waals surface area contributed by atoms with Crippen molar-refractivity contribution in [3.63, 3.8) is 0 Å². The SMILES string of the molecule is CCC1CC1NC1CC(c2ccccc2C)C1. The van der Waals surface area contributed by atoms with Crippen LogP contribution in [-0.2, 0) is 0 Å². The molecular formula is C16H23N. The van der Waals surface area contributed by atoms with Gasteiger partial charge in [-0.3, -0.25) is 0 Å². The number of hydrogen-bond acceptors (Lipinski definition) is 1. The molecule has 0 saturated heterocycles. The molecule has 2 aliphatic rings. The third kappa shape index (κ3) is 2.26. The van der Waals surface area contributed by atoms with E-state index in [4.69, 9.17) is 0 Å². The van der Waals surface area contributed by atoms with Gasteiger partial charge in [0, 0.05) is 12.1 Å². The first-order valence-electron chi connectivity index (χ1n) is 7.09. The van der Waals surface area contributed by atoms with Gasteiger partial charge in [0.15, 0.2) is 0 Å². The second-order valence-electron chi connectivity index (χ2n) is 5.90. The number of nitrogens with one attached hydrogen (secondary N) is 1. The van der Waals surface area contributed by atoms with Crippen molar-refractivity contribution in [2.75, 3.05) is 0 Å². The zero-order valence-electron chi connectivity index (χ0n) is 10.9. The van der Waals surface area contributed by atoms with E-state index >= 15 is 0 Å². The molecule has 1 N–H and O–H groups in total. The van der Waals surface area contributed by atoms with Gasteiger partial charge < -0.3 is 5.32 Å². The highest BCUT2D eigenvalue weighted by Gasteiger charge is 2.40. The Balaban J connectivity index is 1.50. The van der Waals surface area contributed by atoms with Crippen molar-refractivity contribution in [1.82, 2.24) is 5.32 Å². The van der Waals surface area contributed by atoms with Crippen molar-refractivity contribution in [2.24, 2.45) is 5.92 Å². The van der Waals surface area contributed by atoms with E-state index in [1.807, 2.05) is 0 Å². The monoisotopic (exact) mass is 229 g/mol. The third-order valence-electron chi connectivity index (χ3n) is 4.66. The van der Waals surface area contributed by atoms with Gasteiger partial charge in [0.1, 0.15) is 0 Å². The zero-order chi connectivity index (χ0) is 11.8. The van der Waals surface area contributed by atoms with E-state index in [1.54, 1.807) is 5.56 Å². The average molecular weight is 229 g/mol. The molecule has 0 radical (unpaired) electrons. The molecule has 0 amide bonds. The van der Waals surface area contributed by atoms with Gasteiger partial charge in [0.2, 0.25) is 0 Å². The number of hydrogen-bond donors (Lipinski definition) is 1. The molecule has 0 spiro atoms. The Hall–Kier alpha value is -0.820. The molecule has 92 valence electrons. The van der Waals surface area contributed by atoms with Crippen LogP contribution in [0.1, 0.15) is 49.7 Å². The maximum atomic E-state index is 3.81. The summed E-state index contributed by atoms with van der Waals surface area (Å²) in [6.07, 6.45) is 5.46. The fraction of sp³-hybridized carbons (Fsp3) is 0.625. The fourth-order valence-electron chi connectivity index (χ4n) is 3.26. The maximum absolute atomic E-state index is 3.81. The molecule has 17 heavy (non-hydrogen) atoms. The van der Waals surface area contributed by atoms with Gasteiger partial charge in [-0.2, -0.15) is 0 Å². The van der Waals surface area contributed by atoms with Crippen LogP contribution in [0.3, 0.4) is 0 Å². The third-order valence-corrected chi connectivity index (χ3v) is 4.66. The van der Waals surface area contributed by atoms with E-state index in [1.165, 1.54) is 31.2 Å². The lowest BCUT2D eigenvalue weighted by atomic mass is 9.74. The van der Waals surface area contributed by atoms with Crippen LogP contribution in [0.5, 0.6) is 0 Å². The standard InChI is InChI=1S/C16H23N/c1-3-12-10-16(12)17-14-8-13(9-14)15-7-5-4-6-11(15)2/h4-7,12-14,16-17H,3,8-10H2,1-2H3. The summed E-state index contributed by atoms with van der Waals surface area (Å²) in [6, 6.07) is 10.5. The normalized spacial score (nSPS) is 35.4. The first-order chi connectivity index (χ1) is 8.28. The maximum Gasteiger partial charge on any atom is 0.0102 e. The molecule has 1 heteroatoms. The molecule has 3 rings (SSSR count). The number of benzene rings is 1. The van der Waals surface area contributed by atoms with E-state index in [2.05, 4.69) is 43.4 Å². The second-order valence-corrected chi connectivity index (χ2v) is 5.90. The minimum absolute atomic E-state index is 0.793. The molecule has 0 bridgehead atoms. The average Bonchev–Trinajstić information content (AvgIpc) is 3.03. The van der Waals surface area contributed by atoms with E-state index in [-0.39, 0.29) is 0 Å². The predicted molar refractivity (Wildman–Crippen MR) is 72.3 cm³/mol. The Morgan fingerprint density at radius 3 is 2.59 bits per heavy atom. The Kier molecular flexibility index (Phi) is 2.96. The molecule has 1 nitrogen and oxygen atoms in total. The van der Waals surface area contributed by atoms with Crippen molar-refractivity contribution in [1.29, 1.82) is 0 Å². The van der Waals surface area contributed by atoms with Crippen LogP contribution in [0, 0.1) is 12.8 Å². The molecule has 2 unspecified atom stereocenters. The predicted octanol–water partition coefficient (Wildman–Crippen LogP) is 3.63. The lowest BCUT2D eigenvalue weighted by Crippen LogP contribution is -2.41. The smallest absolute Gasteiger partial charge is 0.0102 e. The number of aryl methyl sites for hydroxylation is 1. The van der Waals surface area contributed by atoms with Crippen molar-refractivity contribution in [2.45, 2.75) is 57.5 Å². The molecule has 0 aliphatic heterocycles. The highest BCUT2D eigenvalue weighted by atomic mass is 15.0. The van der Waals surface area contributed by atoms with E-state index in [9.17, 15) is 0 Å². The molecule has 2 aliphatic carbocycles. The molecule has 0 heterocycles. The summed E-state index contributed by atoms with van der Waals surface area (Å²) in [7, 11) is 0. The summed E-state index contributed by atoms with van der Waals surface area (Å²) in [5.74, 6) is 1.79. The van der Waals surface area contributed by atoms with Gasteiger partial charge >= 0.3 is 0 Å². The van der Waals surface area contributed by atoms with Crippen LogP contribution >= 0.6 is 0 Å². The summed E-state index contributed by atoms with van der Waals surface area (Å²) in [6.45, 7) is 4.55. The Bertz CT molecular complexity index is 392. The fourth-order valence-corrected chi connectivity index (χ4v) is 3.26. The van der Waals surface area contributed by atoms with Crippen molar-refractivity contribution >= 4 is 0 Å². The highest BCUT2D eigenvalue weighted by molar-refractivity contribution is 5.31. The summed E-state index contributed by atoms with van der Waals surface area (Å²) < 4.78 is 0. The molecule has 2 atom stereocenters. The summed E-state index contributed by atoms with van der Waals surface area (Å²) in [5, 5.41) is 3.81. The van der Waals surface area contributed by atoms with Gasteiger partial charge in [-0.15, -0.1) is 0 Å². The van der Waals surface area contributed by atoms with Crippen LogP contribution in [0.2, 0.25) is 0 Å². The zero-order valence-corrected chi connectivity index (χ0v) is 10.9. The summed E-state index contributed by atoms with van der Waals surface area (Å²) >= 11 is 0. The van der Waals surface area contributed by atoms with Crippen LogP contribution in [0.15, 0.2) is 24.3 Å². The Morgan fingerprint density at radius 2 is 1.94 bits per heavy atom. The van der Waals surface area contributed by atoms with Gasteiger partial charge in [0.05, 0.1) is 0 Å². The summed E-state index contributed by atoms with van der Waals surface area (Å²) in [5.41, 5.74) is 3.04. The van der Waals surface area contributed by atoms with Gasteiger partial charge in [-0.1, -0.05) is 37.6 Å². The molecule has 0 aromatic heterocycles. The number of rotatable bonds is 4. The quantitative estimate of drug-likeness (QED) is 0.831. The van der Waals surface area contributed by atoms with Crippen molar-refractivity contribution in [3.8, 4) is 0 Å². The molecule has 2 fully saturated rings. The van der Waals surface area contributed by atoms with E-state index in [0.29, 0.717) is 0 Å². The lowest BCUT2D eigenvalue weighted by Gasteiger charge is -2.37. The van der Waals surface area contributed by atoms with Gasteiger partial charge in [-0.25, -0.2) is 0 Å². The molecule has 1 aromatic carbocycles. The Labute approximate surface area is 105 Å². The Morgan fingerprint density at radius 1 is 1.18 bits per heavy atom. The first kappa shape index (κ1) is 11.3. The highest BCUT2D eigenvalue weighted by Crippen LogP contribution is 2.41. The largest absolute Gasteiger partial charge is 0.311 e. The van der Waals surface area contributed by atoms with Crippen LogP contribution < -0.4 is 5.32 Å². The van der Waals surface area contributed by atoms with Crippen LogP contribution in [0.4, 0.5) is 0 Å². The minimum Gasteiger partial charge on any atom is -0.311 e. The van der Waals surface area contributed by atoms with Gasteiger partial charge in [0.25, 0.3) is 0 Å².